The van der Waals surface area contributed by atoms with Gasteiger partial charge in [0.15, 0.2) is 41.4 Å². The Morgan fingerprint density at radius 1 is 1.13 bits per heavy atom. The van der Waals surface area contributed by atoms with E-state index in [-0.39, 0.29) is 41.0 Å². The van der Waals surface area contributed by atoms with Crippen LogP contribution in [0.15, 0.2) is 82.0 Å². The average Bonchev–Trinajstić information content (AvgIpc) is 3.72. The number of hydrogen-bond acceptors (Lipinski definition) is 12. The van der Waals surface area contributed by atoms with Gasteiger partial charge in [-0.2, -0.15) is 0 Å². The SMILES string of the molecule is CO/N=C(/N)c1ccc(Cn2ccc3c[n+](CC4=C(C(=O)O)N5C(=O)[C@@H](CC(=O)/C(=N\OC(C)(C)C(=O)O)c6csc(N)n6)[C@H]5SC4)ccc32)cc1. The van der Waals surface area contributed by atoms with E-state index in [1.54, 1.807) is 0 Å². The van der Waals surface area contributed by atoms with Crippen LogP contribution < -0.4 is 16.0 Å². The fourth-order valence-electron chi connectivity index (χ4n) is 5.85. The largest absolute Gasteiger partial charge is 0.478 e. The summed E-state index contributed by atoms with van der Waals surface area (Å²) >= 11 is 2.43. The number of carbonyl (C=O) groups excluding carboxylic acids is 2. The molecule has 18 heteroatoms. The van der Waals surface area contributed by atoms with Crippen molar-refractivity contribution < 1.29 is 43.6 Å². The number of thioether (sulfide) groups is 1. The molecule has 2 aliphatic heterocycles. The van der Waals surface area contributed by atoms with Crippen LogP contribution in [0.2, 0.25) is 0 Å². The van der Waals surface area contributed by atoms with Gasteiger partial charge in [0.05, 0.1) is 22.2 Å². The number of thiazole rings is 1. The van der Waals surface area contributed by atoms with Crippen LogP contribution in [0.1, 0.15) is 37.1 Å². The standard InChI is InChI=1S/C34H34N8O8S2/c1-34(2,32(47)48)50-38-26(23-17-52-33(36)37-23)25(43)12-22-29(44)42-27(31(45)46)21(16-51-30(22)42)15-40-10-9-24-20(14-40)8-11-41(24)13-18-4-6-19(7-5-18)28(35)39-49-3/h4-11,14,17,22,30H,12-13,15-16H2,1-3H3,(H5-,35,36,37,39,45,46,47,48)/p+1/b38-26-/t22-,30-/m1/s1. The van der Waals surface area contributed by atoms with E-state index in [1.807, 2.05) is 59.6 Å². The molecule has 4 aromatic rings. The van der Waals surface area contributed by atoms with Crippen molar-refractivity contribution in [2.24, 2.45) is 22.0 Å². The molecular weight excluding hydrogens is 713 g/mol. The summed E-state index contributed by atoms with van der Waals surface area (Å²) in [7, 11) is 1.44. The van der Waals surface area contributed by atoms with Crippen LogP contribution >= 0.6 is 23.1 Å². The number of β-lactam (4-membered cyclic amide) rings is 1. The number of rotatable bonds is 14. The summed E-state index contributed by atoms with van der Waals surface area (Å²) in [6.45, 7) is 3.39. The number of carbonyl (C=O) groups is 4. The number of amides is 1. The van der Waals surface area contributed by atoms with E-state index in [9.17, 15) is 29.4 Å². The molecule has 0 unspecified atom stereocenters. The summed E-state index contributed by atoms with van der Waals surface area (Å²) < 4.78 is 3.98. The Labute approximate surface area is 305 Å². The third-order valence-electron chi connectivity index (χ3n) is 8.61. The first-order valence-corrected chi connectivity index (χ1v) is 17.8. The predicted molar refractivity (Wildman–Crippen MR) is 192 cm³/mol. The molecule has 1 aromatic carbocycles. The molecule has 0 spiro atoms. The average molecular weight is 748 g/mol. The monoisotopic (exact) mass is 747 g/mol. The number of pyridine rings is 1. The van der Waals surface area contributed by atoms with Gasteiger partial charge < -0.3 is 35.9 Å². The van der Waals surface area contributed by atoms with Gasteiger partial charge in [-0.05, 0) is 25.5 Å². The molecule has 3 aromatic heterocycles. The minimum Gasteiger partial charge on any atom is -0.478 e. The first kappa shape index (κ1) is 36.1. The molecule has 6 rings (SSSR count). The summed E-state index contributed by atoms with van der Waals surface area (Å²) in [5.74, 6) is -3.90. The molecule has 16 nitrogen and oxygen atoms in total. The molecule has 1 amide bonds. The summed E-state index contributed by atoms with van der Waals surface area (Å²) in [6.07, 6.45) is 5.46. The van der Waals surface area contributed by atoms with Crippen molar-refractivity contribution >= 4 is 74.3 Å². The van der Waals surface area contributed by atoms with Crippen LogP contribution in [0, 0.1) is 5.92 Å². The third kappa shape index (κ3) is 7.20. The van der Waals surface area contributed by atoms with Crippen molar-refractivity contribution in [1.82, 2.24) is 14.5 Å². The molecule has 52 heavy (non-hydrogen) atoms. The van der Waals surface area contributed by atoms with E-state index >= 15 is 0 Å². The summed E-state index contributed by atoms with van der Waals surface area (Å²) in [6, 6.07) is 11.6. The molecule has 0 aliphatic carbocycles. The lowest BCUT2D eigenvalue weighted by Gasteiger charge is -2.49. The van der Waals surface area contributed by atoms with Crippen molar-refractivity contribution in [3.63, 3.8) is 0 Å². The van der Waals surface area contributed by atoms with Crippen molar-refractivity contribution in [2.75, 3.05) is 18.6 Å². The minimum absolute atomic E-state index is 0.0831. The Hall–Kier alpha value is -5.75. The van der Waals surface area contributed by atoms with Crippen LogP contribution in [0.4, 0.5) is 5.13 Å². The molecule has 2 atom stereocenters. The third-order valence-corrected chi connectivity index (χ3v) is 10.7. The van der Waals surface area contributed by atoms with Gasteiger partial charge in [0, 0.05) is 47.5 Å². The number of amidine groups is 1. The molecule has 270 valence electrons. The van der Waals surface area contributed by atoms with E-state index in [4.69, 9.17) is 21.1 Å². The lowest BCUT2D eigenvalue weighted by atomic mass is 9.89. The molecule has 6 N–H and O–H groups in total. The van der Waals surface area contributed by atoms with Gasteiger partial charge in [-0.3, -0.25) is 14.5 Å². The molecule has 5 heterocycles. The van der Waals surface area contributed by atoms with Crippen molar-refractivity contribution in [2.45, 2.75) is 44.3 Å². The van der Waals surface area contributed by atoms with Crippen molar-refractivity contribution in [3.8, 4) is 0 Å². The Morgan fingerprint density at radius 2 is 1.88 bits per heavy atom. The number of nitrogens with two attached hydrogens (primary N) is 2. The molecule has 0 radical (unpaired) electrons. The maximum absolute atomic E-state index is 13.5. The summed E-state index contributed by atoms with van der Waals surface area (Å²) in [5.41, 5.74) is 12.9. The lowest BCUT2D eigenvalue weighted by Crippen LogP contribution is -2.62. The Bertz CT molecular complexity index is 2170. The Balaban J connectivity index is 1.17. The maximum atomic E-state index is 13.5. The topological polar surface area (TPSA) is 229 Å². The van der Waals surface area contributed by atoms with Gasteiger partial charge in [-0.15, -0.1) is 23.1 Å². The number of carboxylic acids is 2. The number of aliphatic carboxylic acids is 2. The molecule has 0 bridgehead atoms. The first-order chi connectivity index (χ1) is 24.8. The quantitative estimate of drug-likeness (QED) is 0.0479. The van der Waals surface area contributed by atoms with Gasteiger partial charge in [-0.1, -0.05) is 34.6 Å². The number of benzene rings is 1. The zero-order valence-corrected chi connectivity index (χ0v) is 29.9. The first-order valence-electron chi connectivity index (χ1n) is 15.9. The van der Waals surface area contributed by atoms with E-state index in [2.05, 4.69) is 19.9 Å². The highest BCUT2D eigenvalue weighted by Gasteiger charge is 2.54. The highest BCUT2D eigenvalue weighted by atomic mass is 32.2. The van der Waals surface area contributed by atoms with Gasteiger partial charge in [0.1, 0.15) is 18.5 Å². The molecule has 1 saturated heterocycles. The van der Waals surface area contributed by atoms with Gasteiger partial charge in [-0.25, -0.2) is 19.1 Å². The number of anilines is 1. The van der Waals surface area contributed by atoms with Crippen LogP contribution in [-0.4, -0.2) is 83.7 Å². The van der Waals surface area contributed by atoms with Crippen LogP contribution in [0.25, 0.3) is 10.9 Å². The van der Waals surface area contributed by atoms with E-state index in [0.717, 1.165) is 33.4 Å². The number of hydrogen-bond donors (Lipinski definition) is 4. The lowest BCUT2D eigenvalue weighted by molar-refractivity contribution is -0.687. The zero-order valence-electron chi connectivity index (χ0n) is 28.3. The number of ketones is 1. The summed E-state index contributed by atoms with van der Waals surface area (Å²) in [5, 5.41) is 29.2. The van der Waals surface area contributed by atoms with Crippen molar-refractivity contribution in [1.29, 1.82) is 0 Å². The number of Topliss-reactive ketones (excluding diaryl/α,β-unsaturated/α-hetero) is 1. The number of nitrogen functional groups attached to an aromatic ring is 1. The number of oxime groups is 2. The fraction of sp³-hybridized carbons (Fsp3) is 0.294. The Morgan fingerprint density at radius 3 is 2.54 bits per heavy atom. The van der Waals surface area contributed by atoms with E-state index < -0.39 is 40.5 Å². The second kappa shape index (κ2) is 14.5. The number of aromatic nitrogens is 3. The number of fused-ring (bicyclic) bond motifs is 2. The maximum Gasteiger partial charge on any atom is 0.352 e. The smallest absolute Gasteiger partial charge is 0.352 e. The summed E-state index contributed by atoms with van der Waals surface area (Å²) in [4.78, 5) is 66.3. The minimum atomic E-state index is -1.75. The second-order valence-corrected chi connectivity index (χ2v) is 14.6. The Kier molecular flexibility index (Phi) is 10.0. The van der Waals surface area contributed by atoms with Gasteiger partial charge in [0.25, 0.3) is 0 Å². The van der Waals surface area contributed by atoms with Crippen LogP contribution in [-0.2, 0) is 41.9 Å². The zero-order chi connectivity index (χ0) is 37.3. The van der Waals surface area contributed by atoms with Crippen LogP contribution in [0.3, 0.4) is 0 Å². The highest BCUT2D eigenvalue weighted by molar-refractivity contribution is 8.00. The normalized spacial score (nSPS) is 17.9. The van der Waals surface area contributed by atoms with Crippen molar-refractivity contribution in [3.05, 3.63) is 88.5 Å². The van der Waals surface area contributed by atoms with Gasteiger partial charge in [0.2, 0.25) is 11.5 Å². The second-order valence-electron chi connectivity index (χ2n) is 12.6. The molecule has 0 saturated carbocycles. The molecule has 2 aliphatic rings. The predicted octanol–water partition coefficient (Wildman–Crippen LogP) is 2.40. The fourth-order valence-corrected chi connectivity index (χ4v) is 7.80. The van der Waals surface area contributed by atoms with E-state index in [1.165, 1.54) is 43.0 Å². The number of nitrogens with zero attached hydrogens (tertiary/aromatic N) is 6. The number of carboxylic acid groups (broad SMARTS) is 2. The van der Waals surface area contributed by atoms with Gasteiger partial charge >= 0.3 is 11.9 Å². The molecular formula is C34H35N8O8S2+. The van der Waals surface area contributed by atoms with Crippen LogP contribution in [0.5, 0.6) is 0 Å². The van der Waals surface area contributed by atoms with E-state index in [0.29, 0.717) is 17.9 Å². The molecule has 1 fully saturated rings. The highest BCUT2D eigenvalue weighted by Crippen LogP contribution is 2.45.